The van der Waals surface area contributed by atoms with Crippen LogP contribution >= 0.6 is 23.2 Å². The average molecular weight is 488 g/mol. The van der Waals surface area contributed by atoms with Gasteiger partial charge in [0.25, 0.3) is 0 Å². The third-order valence-corrected chi connectivity index (χ3v) is 5.84. The maximum absolute atomic E-state index is 13.0. The van der Waals surface area contributed by atoms with Crippen LogP contribution in [0.3, 0.4) is 0 Å². The third-order valence-electron chi connectivity index (χ3n) is 5.10. The van der Waals surface area contributed by atoms with Crippen LogP contribution in [-0.2, 0) is 20.9 Å². The summed E-state index contributed by atoms with van der Waals surface area (Å²) in [6.45, 7) is 5.34. The number of carbonyl (C=O) groups excluding carboxylic acids is 3. The average Bonchev–Trinajstić information content (AvgIpc) is 2.78. The van der Waals surface area contributed by atoms with Crippen molar-refractivity contribution in [3.8, 4) is 0 Å². The number of rotatable bonds is 10. The molecule has 0 aromatic heterocycles. The van der Waals surface area contributed by atoms with Crippen LogP contribution in [0.25, 0.3) is 0 Å². The number of nitrogens with zero attached hydrogens (tertiary/aromatic N) is 1. The normalized spacial score (nSPS) is 16.8. The molecule has 0 bridgehead atoms. The number of ether oxygens (including phenoxy) is 1. The number of amides is 2. The van der Waals surface area contributed by atoms with Crippen molar-refractivity contribution in [2.75, 3.05) is 19.8 Å². The summed E-state index contributed by atoms with van der Waals surface area (Å²) in [5, 5.41) is 6.28. The lowest BCUT2D eigenvalue weighted by molar-refractivity contribution is -0.132. The Morgan fingerprint density at radius 3 is 2.69 bits per heavy atom. The lowest BCUT2D eigenvalue weighted by Crippen LogP contribution is -2.55. The number of hydrogen-bond acceptors (Lipinski definition) is 5. The first kappa shape index (κ1) is 25.9. The molecule has 1 saturated heterocycles. The van der Waals surface area contributed by atoms with E-state index in [0.29, 0.717) is 40.8 Å². The van der Waals surface area contributed by atoms with Crippen molar-refractivity contribution in [1.82, 2.24) is 15.5 Å². The van der Waals surface area contributed by atoms with E-state index in [1.54, 1.807) is 18.2 Å². The summed E-state index contributed by atoms with van der Waals surface area (Å²) in [6.07, 6.45) is 1.28. The van der Waals surface area contributed by atoms with Crippen molar-refractivity contribution < 1.29 is 23.5 Å². The van der Waals surface area contributed by atoms with Crippen molar-refractivity contribution >= 4 is 41.0 Å². The van der Waals surface area contributed by atoms with E-state index >= 15 is 0 Å². The number of piperidine rings is 1. The molecule has 10 heteroatoms. The molecule has 1 heterocycles. The summed E-state index contributed by atoms with van der Waals surface area (Å²) >= 11 is 11.9. The monoisotopic (exact) mass is 487 g/mol. The summed E-state index contributed by atoms with van der Waals surface area (Å²) in [7, 11) is 0. The molecule has 1 aliphatic heterocycles. The second-order valence-corrected chi connectivity index (χ2v) is 8.32. The summed E-state index contributed by atoms with van der Waals surface area (Å²) in [4.78, 5) is 39.0. The summed E-state index contributed by atoms with van der Waals surface area (Å²) in [6, 6.07) is 3.02. The SMILES string of the molecule is C=C(CC(NC(=O)C1CCCCN1C(=O)OCc1ccc(Cl)c(Cl)c1)C(=O)CF)NCC. The van der Waals surface area contributed by atoms with Gasteiger partial charge in [-0.05, 0) is 43.9 Å². The minimum atomic E-state index is -1.20. The zero-order valence-corrected chi connectivity index (χ0v) is 19.5. The first-order valence-corrected chi connectivity index (χ1v) is 11.2. The number of Topliss-reactive ketones (excluding diaryl/α,β-unsaturated/α-hetero) is 1. The second kappa shape index (κ2) is 12.6. The Labute approximate surface area is 197 Å². The van der Waals surface area contributed by atoms with E-state index in [1.165, 1.54) is 4.90 Å². The van der Waals surface area contributed by atoms with Crippen molar-refractivity contribution in [2.24, 2.45) is 0 Å². The van der Waals surface area contributed by atoms with Crippen LogP contribution in [0.1, 0.15) is 38.2 Å². The first-order valence-electron chi connectivity index (χ1n) is 10.4. The van der Waals surface area contributed by atoms with Gasteiger partial charge < -0.3 is 15.4 Å². The molecule has 7 nitrogen and oxygen atoms in total. The number of hydrogen-bond donors (Lipinski definition) is 2. The predicted molar refractivity (Wildman–Crippen MR) is 121 cm³/mol. The molecule has 2 amide bonds. The number of alkyl halides is 1. The predicted octanol–water partition coefficient (Wildman–Crippen LogP) is 4.02. The van der Waals surface area contributed by atoms with E-state index in [2.05, 4.69) is 17.2 Å². The van der Waals surface area contributed by atoms with Crippen LogP contribution in [0.15, 0.2) is 30.5 Å². The molecule has 1 fully saturated rings. The molecular formula is C22H28Cl2FN3O4. The van der Waals surface area contributed by atoms with Gasteiger partial charge in [0, 0.05) is 25.2 Å². The van der Waals surface area contributed by atoms with Crippen molar-refractivity contribution in [3.63, 3.8) is 0 Å². The van der Waals surface area contributed by atoms with E-state index in [9.17, 15) is 18.8 Å². The lowest BCUT2D eigenvalue weighted by Gasteiger charge is -2.34. The molecular weight excluding hydrogens is 460 g/mol. The van der Waals surface area contributed by atoms with Gasteiger partial charge in [-0.25, -0.2) is 9.18 Å². The van der Waals surface area contributed by atoms with Crippen LogP contribution in [0, 0.1) is 0 Å². The number of likely N-dealkylation sites (tertiary alicyclic amines) is 1. The number of nitrogens with one attached hydrogen (secondary N) is 2. The van der Waals surface area contributed by atoms with Crippen LogP contribution in [0.4, 0.5) is 9.18 Å². The number of halogens is 3. The summed E-state index contributed by atoms with van der Waals surface area (Å²) in [5.41, 5.74) is 1.17. The molecule has 32 heavy (non-hydrogen) atoms. The Bertz CT molecular complexity index is 852. The third kappa shape index (κ3) is 7.38. The Morgan fingerprint density at radius 1 is 1.28 bits per heavy atom. The molecule has 2 unspecified atom stereocenters. The standard InChI is InChI=1S/C22H28Cl2FN3O4/c1-3-26-14(2)10-18(20(29)12-25)27-21(30)19-6-4-5-9-28(19)22(31)32-13-15-7-8-16(23)17(24)11-15/h7-8,11,18-19,26H,2-6,9-10,12-13H2,1H3,(H,27,30). The molecule has 2 rings (SSSR count). The van der Waals surface area contributed by atoms with E-state index in [0.717, 1.165) is 12.8 Å². The molecule has 1 aromatic carbocycles. The Kier molecular flexibility index (Phi) is 10.3. The Morgan fingerprint density at radius 2 is 2.03 bits per heavy atom. The van der Waals surface area contributed by atoms with E-state index in [4.69, 9.17) is 27.9 Å². The minimum Gasteiger partial charge on any atom is -0.445 e. The second-order valence-electron chi connectivity index (χ2n) is 7.51. The molecule has 2 atom stereocenters. The highest BCUT2D eigenvalue weighted by Crippen LogP contribution is 2.24. The van der Waals surface area contributed by atoms with E-state index < -0.39 is 36.5 Å². The molecule has 1 aliphatic rings. The largest absolute Gasteiger partial charge is 0.445 e. The van der Waals surface area contributed by atoms with Gasteiger partial charge in [0.05, 0.1) is 16.1 Å². The van der Waals surface area contributed by atoms with Crippen LogP contribution in [0.2, 0.25) is 10.0 Å². The van der Waals surface area contributed by atoms with Crippen molar-refractivity contribution in [3.05, 3.63) is 46.1 Å². The quantitative estimate of drug-likeness (QED) is 0.520. The maximum atomic E-state index is 13.0. The molecule has 0 saturated carbocycles. The van der Waals surface area contributed by atoms with Gasteiger partial charge in [-0.15, -0.1) is 0 Å². The zero-order chi connectivity index (χ0) is 23.7. The molecule has 0 spiro atoms. The highest BCUT2D eigenvalue weighted by atomic mass is 35.5. The minimum absolute atomic E-state index is 0.0357. The summed E-state index contributed by atoms with van der Waals surface area (Å²) < 4.78 is 18.4. The molecule has 176 valence electrons. The van der Waals surface area contributed by atoms with Gasteiger partial charge in [0.15, 0.2) is 5.78 Å². The topological polar surface area (TPSA) is 87.7 Å². The molecule has 0 aliphatic carbocycles. The molecule has 0 radical (unpaired) electrons. The van der Waals surface area contributed by atoms with Crippen LogP contribution < -0.4 is 10.6 Å². The molecule has 2 N–H and O–H groups in total. The van der Waals surface area contributed by atoms with E-state index in [1.807, 2.05) is 6.92 Å². The van der Waals surface area contributed by atoms with Crippen LogP contribution in [0.5, 0.6) is 0 Å². The van der Waals surface area contributed by atoms with Gasteiger partial charge in [-0.1, -0.05) is 35.8 Å². The van der Waals surface area contributed by atoms with Crippen molar-refractivity contribution in [1.29, 1.82) is 0 Å². The van der Waals surface area contributed by atoms with Gasteiger partial charge in [0.2, 0.25) is 5.91 Å². The Hall–Kier alpha value is -2.32. The van der Waals surface area contributed by atoms with E-state index in [-0.39, 0.29) is 13.0 Å². The fraction of sp³-hybridized carbons (Fsp3) is 0.500. The number of ketones is 1. The lowest BCUT2D eigenvalue weighted by atomic mass is 10.0. The van der Waals surface area contributed by atoms with Gasteiger partial charge in [-0.2, -0.15) is 0 Å². The maximum Gasteiger partial charge on any atom is 0.410 e. The number of benzene rings is 1. The zero-order valence-electron chi connectivity index (χ0n) is 18.0. The van der Waals surface area contributed by atoms with Gasteiger partial charge in [-0.3, -0.25) is 14.5 Å². The fourth-order valence-corrected chi connectivity index (χ4v) is 3.78. The number of carbonyl (C=O) groups is 3. The van der Waals surface area contributed by atoms with Gasteiger partial charge >= 0.3 is 6.09 Å². The highest BCUT2D eigenvalue weighted by Gasteiger charge is 2.35. The van der Waals surface area contributed by atoms with Gasteiger partial charge in [0.1, 0.15) is 19.3 Å². The Balaban J connectivity index is 2.03. The molecule has 1 aromatic rings. The van der Waals surface area contributed by atoms with Crippen molar-refractivity contribution in [2.45, 2.75) is 51.3 Å². The summed E-state index contributed by atoms with van der Waals surface area (Å²) in [5.74, 6) is -1.27. The smallest absolute Gasteiger partial charge is 0.410 e. The first-order chi connectivity index (χ1) is 15.3. The highest BCUT2D eigenvalue weighted by molar-refractivity contribution is 6.42. The fourth-order valence-electron chi connectivity index (χ4n) is 3.46. The van der Waals surface area contributed by atoms with Crippen LogP contribution in [-0.4, -0.2) is 54.5 Å².